The number of hydrogen-bond acceptors (Lipinski definition) is 4. The van der Waals surface area contributed by atoms with Crippen LogP contribution in [0, 0.1) is 7.14 Å². The largest absolute Gasteiger partial charge is 0.423 e. The molecule has 4 nitrogen and oxygen atoms in total. The summed E-state index contributed by atoms with van der Waals surface area (Å²) in [5.41, 5.74) is 0.941. The molecular weight excluding hydrogens is 558 g/mol. The van der Waals surface area contributed by atoms with Crippen LogP contribution in [0.5, 0.6) is 11.5 Å². The molecule has 0 radical (unpaired) electrons. The third kappa shape index (κ3) is 4.61. The van der Waals surface area contributed by atoms with Gasteiger partial charge in [-0.2, -0.15) is 0 Å². The quantitative estimate of drug-likeness (QED) is 0.242. The van der Waals surface area contributed by atoms with Crippen molar-refractivity contribution in [2.45, 2.75) is 0 Å². The fourth-order valence-electron chi connectivity index (χ4n) is 2.16. The topological polar surface area (TPSA) is 52.6 Å². The molecule has 26 heavy (non-hydrogen) atoms. The number of hydrogen-bond donors (Lipinski definition) is 0. The van der Waals surface area contributed by atoms with E-state index in [0.717, 1.165) is 0 Å². The highest BCUT2D eigenvalue weighted by Gasteiger charge is 2.17. The van der Waals surface area contributed by atoms with E-state index >= 15 is 0 Å². The van der Waals surface area contributed by atoms with E-state index in [-0.39, 0.29) is 0 Å². The molecule has 0 saturated carbocycles. The molecule has 0 heterocycles. The Hall–Kier alpha value is -1.94. The second-order valence-electron chi connectivity index (χ2n) is 5.23. The van der Waals surface area contributed by atoms with Gasteiger partial charge < -0.3 is 9.47 Å². The van der Waals surface area contributed by atoms with Gasteiger partial charge in [-0.1, -0.05) is 36.4 Å². The molecule has 0 fully saturated rings. The lowest BCUT2D eigenvalue weighted by Gasteiger charge is -2.11. The van der Waals surface area contributed by atoms with Gasteiger partial charge in [0, 0.05) is 0 Å². The molecule has 3 aromatic rings. The highest BCUT2D eigenvalue weighted by molar-refractivity contribution is 14.1. The molecule has 0 aromatic heterocycles. The number of benzene rings is 3. The third-order valence-corrected chi connectivity index (χ3v) is 5.00. The summed E-state index contributed by atoms with van der Waals surface area (Å²) in [6.07, 6.45) is 0. The number of esters is 2. The Labute approximate surface area is 177 Å². The van der Waals surface area contributed by atoms with Gasteiger partial charge >= 0.3 is 11.9 Å². The summed E-state index contributed by atoms with van der Waals surface area (Å²) in [4.78, 5) is 24.4. The van der Waals surface area contributed by atoms with Gasteiger partial charge in [-0.15, -0.1) is 0 Å². The molecule has 3 rings (SSSR count). The van der Waals surface area contributed by atoms with Crippen molar-refractivity contribution in [1.82, 2.24) is 0 Å². The van der Waals surface area contributed by atoms with Crippen molar-refractivity contribution in [1.29, 1.82) is 0 Å². The zero-order chi connectivity index (χ0) is 18.5. The van der Waals surface area contributed by atoms with E-state index in [1.807, 2.05) is 12.1 Å². The average Bonchev–Trinajstić information content (AvgIpc) is 2.66. The lowest BCUT2D eigenvalue weighted by atomic mass is 10.2. The van der Waals surface area contributed by atoms with Crippen LogP contribution in [-0.4, -0.2) is 11.9 Å². The van der Waals surface area contributed by atoms with Crippen LogP contribution in [0.25, 0.3) is 0 Å². The summed E-state index contributed by atoms with van der Waals surface area (Å²) in [5, 5.41) is 0. The highest BCUT2D eigenvalue weighted by atomic mass is 127. The molecule has 0 amide bonds. The van der Waals surface area contributed by atoms with Crippen LogP contribution < -0.4 is 9.47 Å². The predicted octanol–water partition coefficient (Wildman–Crippen LogP) is 5.33. The smallest absolute Gasteiger partial charge is 0.343 e. The number of rotatable bonds is 4. The molecule has 0 N–H and O–H groups in total. The molecule has 0 spiro atoms. The van der Waals surface area contributed by atoms with Crippen molar-refractivity contribution in [2.24, 2.45) is 0 Å². The van der Waals surface area contributed by atoms with E-state index in [2.05, 4.69) is 45.2 Å². The Morgan fingerprint density at radius 1 is 0.654 bits per heavy atom. The Kier molecular flexibility index (Phi) is 6.25. The Morgan fingerprint density at radius 3 is 1.54 bits per heavy atom. The minimum Gasteiger partial charge on any atom is -0.423 e. The maximum atomic E-state index is 12.3. The van der Waals surface area contributed by atoms with Gasteiger partial charge in [-0.25, -0.2) is 9.59 Å². The molecular formula is C20H12I2O4. The van der Waals surface area contributed by atoms with Crippen LogP contribution in [0.15, 0.2) is 72.8 Å². The van der Waals surface area contributed by atoms with Crippen molar-refractivity contribution in [2.75, 3.05) is 0 Å². The molecule has 3 aromatic carbocycles. The molecule has 0 aliphatic heterocycles. The van der Waals surface area contributed by atoms with Gasteiger partial charge in [0.15, 0.2) is 5.75 Å². The molecule has 0 aliphatic carbocycles. The summed E-state index contributed by atoms with van der Waals surface area (Å²) >= 11 is 4.11. The van der Waals surface area contributed by atoms with Crippen molar-refractivity contribution < 1.29 is 19.1 Å². The molecule has 0 atom stereocenters. The molecule has 0 aliphatic rings. The van der Waals surface area contributed by atoms with Gasteiger partial charge in [0.25, 0.3) is 0 Å². The summed E-state index contributed by atoms with van der Waals surface area (Å²) in [7, 11) is 0. The summed E-state index contributed by atoms with van der Waals surface area (Å²) < 4.78 is 12.3. The maximum Gasteiger partial charge on any atom is 0.343 e. The van der Waals surface area contributed by atoms with E-state index in [1.165, 1.54) is 0 Å². The predicted molar refractivity (Wildman–Crippen MR) is 115 cm³/mol. The number of ether oxygens (including phenoxy) is 2. The normalized spacial score (nSPS) is 10.2. The van der Waals surface area contributed by atoms with E-state index in [1.54, 1.807) is 60.7 Å². The first-order valence-corrected chi connectivity index (χ1v) is 9.74. The maximum absolute atomic E-state index is 12.3. The SMILES string of the molecule is O=C(Oc1cc(I)c(OC(=O)c2ccccc2)c(I)c1)c1ccccc1. The van der Waals surface area contributed by atoms with E-state index in [4.69, 9.17) is 9.47 Å². The Bertz CT molecular complexity index is 918. The number of halogens is 2. The Balaban J connectivity index is 1.78. The fourth-order valence-corrected chi connectivity index (χ4v) is 4.09. The van der Waals surface area contributed by atoms with Crippen LogP contribution in [0.3, 0.4) is 0 Å². The van der Waals surface area contributed by atoms with Gasteiger partial charge in [0.2, 0.25) is 0 Å². The molecule has 0 unspecified atom stereocenters. The first-order chi connectivity index (χ1) is 12.5. The van der Waals surface area contributed by atoms with E-state index in [0.29, 0.717) is 29.8 Å². The Morgan fingerprint density at radius 2 is 1.08 bits per heavy atom. The van der Waals surface area contributed by atoms with Crippen LogP contribution in [0.4, 0.5) is 0 Å². The lowest BCUT2D eigenvalue weighted by Crippen LogP contribution is -2.11. The third-order valence-electron chi connectivity index (χ3n) is 3.40. The average molecular weight is 570 g/mol. The number of carbonyl (C=O) groups is 2. The van der Waals surface area contributed by atoms with Gasteiger partial charge in [-0.05, 0) is 81.6 Å². The van der Waals surface area contributed by atoms with Crippen LogP contribution in [0.2, 0.25) is 0 Å². The fraction of sp³-hybridized carbons (Fsp3) is 0. The molecule has 130 valence electrons. The van der Waals surface area contributed by atoms with Gasteiger partial charge in [-0.3, -0.25) is 0 Å². The second kappa shape index (κ2) is 8.63. The minimum atomic E-state index is -0.439. The summed E-state index contributed by atoms with van der Waals surface area (Å²) in [6, 6.07) is 20.9. The van der Waals surface area contributed by atoms with Crippen LogP contribution in [0.1, 0.15) is 20.7 Å². The molecule has 6 heteroatoms. The standard InChI is InChI=1S/C20H12I2O4/c21-16-11-15(25-19(23)13-7-3-1-4-8-13)12-17(22)18(16)26-20(24)14-9-5-2-6-10-14/h1-12H. The first-order valence-electron chi connectivity index (χ1n) is 7.58. The monoisotopic (exact) mass is 570 g/mol. The van der Waals surface area contributed by atoms with E-state index in [9.17, 15) is 9.59 Å². The lowest BCUT2D eigenvalue weighted by molar-refractivity contribution is 0.0717. The zero-order valence-electron chi connectivity index (χ0n) is 13.3. The zero-order valence-corrected chi connectivity index (χ0v) is 17.6. The first kappa shape index (κ1) is 18.8. The van der Waals surface area contributed by atoms with E-state index < -0.39 is 11.9 Å². The highest BCUT2D eigenvalue weighted by Crippen LogP contribution is 2.32. The second-order valence-corrected chi connectivity index (χ2v) is 7.55. The van der Waals surface area contributed by atoms with Crippen molar-refractivity contribution >= 4 is 57.1 Å². The van der Waals surface area contributed by atoms with Crippen molar-refractivity contribution in [3.05, 3.63) is 91.1 Å². The van der Waals surface area contributed by atoms with Crippen molar-refractivity contribution in [3.63, 3.8) is 0 Å². The number of carbonyl (C=O) groups excluding carboxylic acids is 2. The van der Waals surface area contributed by atoms with Gasteiger partial charge in [0.1, 0.15) is 5.75 Å². The summed E-state index contributed by atoms with van der Waals surface area (Å²) in [5.74, 6) is -0.0339. The minimum absolute atomic E-state index is 0.396. The molecule has 0 bridgehead atoms. The van der Waals surface area contributed by atoms with Crippen LogP contribution in [-0.2, 0) is 0 Å². The summed E-state index contributed by atoms with van der Waals surface area (Å²) in [6.45, 7) is 0. The molecule has 0 saturated heterocycles. The van der Waals surface area contributed by atoms with Gasteiger partial charge in [0.05, 0.1) is 18.3 Å². The van der Waals surface area contributed by atoms with Crippen molar-refractivity contribution in [3.8, 4) is 11.5 Å². The van der Waals surface area contributed by atoms with Crippen LogP contribution >= 0.6 is 45.2 Å².